The molecule has 154 valence electrons. The first kappa shape index (κ1) is 18.2. The number of hydrogen-bond acceptors (Lipinski definition) is 5. The van der Waals surface area contributed by atoms with Crippen molar-refractivity contribution >= 4 is 22.1 Å². The molecular weight excluding hydrogens is 407 g/mol. The van der Waals surface area contributed by atoms with Gasteiger partial charge in [-0.25, -0.2) is 14.4 Å². The molecule has 0 atom stereocenters. The van der Waals surface area contributed by atoms with Gasteiger partial charge in [-0.05, 0) is 47.5 Å². The smallest absolute Gasteiger partial charge is 0.181 e. The van der Waals surface area contributed by atoms with Gasteiger partial charge < -0.3 is 10.1 Å². The van der Waals surface area contributed by atoms with Crippen molar-refractivity contribution < 1.29 is 9.50 Å². The van der Waals surface area contributed by atoms with E-state index in [2.05, 4.69) is 30.1 Å². The predicted molar refractivity (Wildman–Crippen MR) is 119 cm³/mol. The first-order valence-electron chi connectivity index (χ1n) is 9.88. The maximum Gasteiger partial charge on any atom is 0.181 e. The number of hydrogen-bond donors (Lipinski definition) is 3. The molecule has 0 saturated carbocycles. The van der Waals surface area contributed by atoms with Crippen molar-refractivity contribution in [1.29, 1.82) is 0 Å². The number of aromatic nitrogens is 6. The van der Waals surface area contributed by atoms with Crippen LogP contribution in [0.2, 0.25) is 0 Å². The van der Waals surface area contributed by atoms with Gasteiger partial charge in [0.2, 0.25) is 0 Å². The van der Waals surface area contributed by atoms with E-state index in [9.17, 15) is 9.50 Å². The van der Waals surface area contributed by atoms with Crippen LogP contribution in [0.25, 0.3) is 55.7 Å². The average molecular weight is 422 g/mol. The first-order valence-corrected chi connectivity index (χ1v) is 9.88. The summed E-state index contributed by atoms with van der Waals surface area (Å²) in [5.74, 6) is -0.187. The van der Waals surface area contributed by atoms with Crippen LogP contribution in [-0.2, 0) is 0 Å². The van der Waals surface area contributed by atoms with Crippen molar-refractivity contribution in [3.05, 3.63) is 79.1 Å². The molecule has 0 fully saturated rings. The Kier molecular flexibility index (Phi) is 3.97. The molecule has 0 unspecified atom stereocenters. The molecule has 32 heavy (non-hydrogen) atoms. The second kappa shape index (κ2) is 6.98. The molecule has 7 nitrogen and oxygen atoms in total. The van der Waals surface area contributed by atoms with Crippen LogP contribution in [0.15, 0.2) is 73.3 Å². The fourth-order valence-electron chi connectivity index (χ4n) is 3.89. The Morgan fingerprint density at radius 2 is 1.66 bits per heavy atom. The monoisotopic (exact) mass is 422 g/mol. The summed E-state index contributed by atoms with van der Waals surface area (Å²) in [4.78, 5) is 16.3. The fourth-order valence-corrected chi connectivity index (χ4v) is 3.89. The summed E-state index contributed by atoms with van der Waals surface area (Å²) in [6, 6.07) is 13.9. The number of nitrogens with one attached hydrogen (secondary N) is 2. The van der Waals surface area contributed by atoms with E-state index in [0.717, 1.165) is 44.4 Å². The normalized spacial score (nSPS) is 11.4. The Morgan fingerprint density at radius 3 is 2.50 bits per heavy atom. The lowest BCUT2D eigenvalue weighted by Crippen LogP contribution is -1.84. The van der Waals surface area contributed by atoms with Crippen LogP contribution in [0.1, 0.15) is 0 Å². The molecule has 0 spiro atoms. The second-order valence-corrected chi connectivity index (χ2v) is 7.44. The fraction of sp³-hybridized carbons (Fsp3) is 0. The molecule has 0 amide bonds. The highest BCUT2D eigenvalue weighted by molar-refractivity contribution is 5.99. The van der Waals surface area contributed by atoms with Crippen LogP contribution in [0.3, 0.4) is 0 Å². The largest absolute Gasteiger partial charge is 0.506 e. The van der Waals surface area contributed by atoms with Gasteiger partial charge in [-0.1, -0.05) is 12.1 Å². The average Bonchev–Trinajstić information content (AvgIpc) is 3.43. The number of pyridine rings is 3. The predicted octanol–water partition coefficient (Wildman–Crippen LogP) is 5.07. The summed E-state index contributed by atoms with van der Waals surface area (Å²) in [5.41, 5.74) is 6.27. The van der Waals surface area contributed by atoms with E-state index in [1.54, 1.807) is 36.8 Å². The number of aromatic hydroxyl groups is 1. The van der Waals surface area contributed by atoms with Crippen molar-refractivity contribution in [3.63, 3.8) is 0 Å². The van der Waals surface area contributed by atoms with E-state index in [4.69, 9.17) is 0 Å². The highest BCUT2D eigenvalue weighted by Crippen LogP contribution is 2.34. The summed E-state index contributed by atoms with van der Waals surface area (Å²) >= 11 is 0. The van der Waals surface area contributed by atoms with Crippen LogP contribution in [0, 0.1) is 5.82 Å². The van der Waals surface area contributed by atoms with Gasteiger partial charge >= 0.3 is 0 Å². The van der Waals surface area contributed by atoms with Gasteiger partial charge in [0.1, 0.15) is 17.2 Å². The number of halogens is 1. The second-order valence-electron chi connectivity index (χ2n) is 7.44. The minimum atomic E-state index is -0.275. The number of aromatic amines is 2. The molecule has 1 aromatic carbocycles. The topological polar surface area (TPSA) is 103 Å². The maximum atomic E-state index is 13.4. The zero-order chi connectivity index (χ0) is 21.7. The van der Waals surface area contributed by atoms with Crippen molar-refractivity contribution in [1.82, 2.24) is 30.1 Å². The van der Waals surface area contributed by atoms with Crippen LogP contribution in [0.5, 0.6) is 5.75 Å². The van der Waals surface area contributed by atoms with E-state index in [1.165, 1.54) is 18.3 Å². The SMILES string of the molecule is Oc1cncc(-c2cnc3n[nH]c(-c4cc5c(-c6ccc(F)cc6)ccnc5[nH]4)c3c2)c1. The third-order valence-electron chi connectivity index (χ3n) is 5.42. The summed E-state index contributed by atoms with van der Waals surface area (Å²) in [6.07, 6.45) is 6.47. The van der Waals surface area contributed by atoms with Gasteiger partial charge in [-0.15, -0.1) is 0 Å². The molecule has 8 heteroatoms. The Labute approximate surface area is 180 Å². The highest BCUT2D eigenvalue weighted by Gasteiger charge is 2.15. The van der Waals surface area contributed by atoms with Gasteiger partial charge in [-0.2, -0.15) is 5.10 Å². The number of rotatable bonds is 3. The lowest BCUT2D eigenvalue weighted by atomic mass is 10.0. The minimum Gasteiger partial charge on any atom is -0.506 e. The lowest BCUT2D eigenvalue weighted by molar-refractivity contribution is 0.473. The summed E-state index contributed by atoms with van der Waals surface area (Å²) in [7, 11) is 0. The summed E-state index contributed by atoms with van der Waals surface area (Å²) in [6.45, 7) is 0. The molecule has 6 aromatic rings. The van der Waals surface area contributed by atoms with Crippen molar-refractivity contribution in [2.24, 2.45) is 0 Å². The van der Waals surface area contributed by atoms with Gasteiger partial charge in [0.15, 0.2) is 5.65 Å². The molecule has 5 heterocycles. The molecule has 0 bridgehead atoms. The number of fused-ring (bicyclic) bond motifs is 2. The zero-order valence-electron chi connectivity index (χ0n) is 16.5. The number of H-pyrrole nitrogens is 2. The third-order valence-corrected chi connectivity index (χ3v) is 5.42. The van der Waals surface area contributed by atoms with Crippen LogP contribution >= 0.6 is 0 Å². The summed E-state index contributed by atoms with van der Waals surface area (Å²) in [5, 5.41) is 18.9. The quantitative estimate of drug-likeness (QED) is 0.369. The van der Waals surface area contributed by atoms with E-state index in [-0.39, 0.29) is 11.6 Å². The molecule has 0 radical (unpaired) electrons. The van der Waals surface area contributed by atoms with Gasteiger partial charge in [0.25, 0.3) is 0 Å². The molecular formula is C24H15FN6O. The Morgan fingerprint density at radius 1 is 0.812 bits per heavy atom. The van der Waals surface area contributed by atoms with Crippen LogP contribution < -0.4 is 0 Å². The van der Waals surface area contributed by atoms with E-state index in [0.29, 0.717) is 11.3 Å². The lowest BCUT2D eigenvalue weighted by Gasteiger charge is -2.02. The molecule has 0 aliphatic rings. The van der Waals surface area contributed by atoms with Gasteiger partial charge in [-0.3, -0.25) is 10.1 Å². The van der Waals surface area contributed by atoms with E-state index >= 15 is 0 Å². The minimum absolute atomic E-state index is 0.0880. The van der Waals surface area contributed by atoms with Crippen LogP contribution in [-0.4, -0.2) is 35.2 Å². The van der Waals surface area contributed by atoms with Crippen LogP contribution in [0.4, 0.5) is 4.39 Å². The van der Waals surface area contributed by atoms with Crippen molar-refractivity contribution in [2.45, 2.75) is 0 Å². The third kappa shape index (κ3) is 2.97. The van der Waals surface area contributed by atoms with Crippen molar-refractivity contribution in [2.75, 3.05) is 0 Å². The number of nitrogens with zero attached hydrogens (tertiary/aromatic N) is 4. The highest BCUT2D eigenvalue weighted by atomic mass is 19.1. The van der Waals surface area contributed by atoms with Crippen molar-refractivity contribution in [3.8, 4) is 39.4 Å². The molecule has 0 saturated heterocycles. The molecule has 6 rings (SSSR count). The molecule has 5 aromatic heterocycles. The van der Waals surface area contributed by atoms with Gasteiger partial charge in [0.05, 0.1) is 17.6 Å². The number of benzene rings is 1. The van der Waals surface area contributed by atoms with Gasteiger partial charge in [0, 0.05) is 40.5 Å². The first-order chi connectivity index (χ1) is 15.7. The molecule has 0 aliphatic carbocycles. The zero-order valence-corrected chi connectivity index (χ0v) is 16.5. The Bertz CT molecular complexity index is 1600. The standard InChI is InChI=1S/C24H15FN6O/c25-16-3-1-13(2-4-16)18-5-6-27-23-19(18)9-21(29-23)22-20-8-15(11-28-24(20)31-30-22)14-7-17(32)12-26-10-14/h1-12,32H,(H,27,29)(H,28,30,31). The maximum absolute atomic E-state index is 13.4. The molecule has 3 N–H and O–H groups in total. The Hall–Kier alpha value is -4.59. The molecule has 0 aliphatic heterocycles. The Balaban J connectivity index is 1.50. The van der Waals surface area contributed by atoms with E-state index < -0.39 is 0 Å². The summed E-state index contributed by atoms with van der Waals surface area (Å²) < 4.78 is 13.4. The van der Waals surface area contributed by atoms with E-state index in [1.807, 2.05) is 18.2 Å².